The van der Waals surface area contributed by atoms with Crippen LogP contribution in [0.2, 0.25) is 0 Å². The Labute approximate surface area is 254 Å². The minimum Gasteiger partial charge on any atom is -0.309 e. The van der Waals surface area contributed by atoms with E-state index in [4.69, 9.17) is 0 Å². The summed E-state index contributed by atoms with van der Waals surface area (Å²) in [5, 5.41) is 7.77. The zero-order valence-electron chi connectivity index (χ0n) is 23.9. The third-order valence-corrected chi connectivity index (χ3v) is 9.43. The topological polar surface area (TPSA) is 9.34 Å². The lowest BCUT2D eigenvalue weighted by atomic mass is 9.99. The summed E-state index contributed by atoms with van der Waals surface area (Å²) in [6, 6.07) is 57.6. The summed E-state index contributed by atoms with van der Waals surface area (Å²) < 4.78 is 4.96. The molecule has 2 heteroatoms. The van der Waals surface area contributed by atoms with Crippen LogP contribution in [0.1, 0.15) is 0 Å². The predicted molar refractivity (Wildman–Crippen MR) is 186 cm³/mol. The first-order valence-electron chi connectivity index (χ1n) is 15.2. The third-order valence-electron chi connectivity index (χ3n) is 9.43. The minimum absolute atomic E-state index is 1.17. The zero-order valence-corrected chi connectivity index (χ0v) is 23.9. The van der Waals surface area contributed by atoms with Crippen LogP contribution >= 0.6 is 0 Å². The molecular weight excluding hydrogens is 532 g/mol. The van der Waals surface area contributed by atoms with E-state index in [1.165, 1.54) is 87.8 Å². The van der Waals surface area contributed by atoms with Gasteiger partial charge >= 0.3 is 0 Å². The molecule has 0 aliphatic carbocycles. The van der Waals surface area contributed by atoms with E-state index in [9.17, 15) is 0 Å². The molecule has 3 aromatic heterocycles. The van der Waals surface area contributed by atoms with Crippen molar-refractivity contribution in [3.05, 3.63) is 158 Å². The molecule has 3 heterocycles. The lowest BCUT2D eigenvalue weighted by Crippen LogP contribution is -1.95. The van der Waals surface area contributed by atoms with Crippen LogP contribution in [0.25, 0.3) is 87.8 Å². The van der Waals surface area contributed by atoms with E-state index in [0.717, 1.165) is 0 Å². The maximum atomic E-state index is 2.50. The van der Waals surface area contributed by atoms with E-state index in [0.29, 0.717) is 0 Å². The van der Waals surface area contributed by atoms with Crippen molar-refractivity contribution in [3.8, 4) is 27.9 Å². The quantitative estimate of drug-likeness (QED) is 0.204. The second-order valence-electron chi connectivity index (χ2n) is 11.8. The largest absolute Gasteiger partial charge is 0.309 e. The van der Waals surface area contributed by atoms with Gasteiger partial charge in [-0.2, -0.15) is 0 Å². The highest BCUT2D eigenvalue weighted by molar-refractivity contribution is 6.33. The molecule has 7 aromatic carbocycles. The molecule has 0 atom stereocenters. The van der Waals surface area contributed by atoms with Gasteiger partial charge in [0.05, 0.1) is 27.6 Å². The van der Waals surface area contributed by atoms with Crippen LogP contribution in [0.5, 0.6) is 0 Å². The number of rotatable bonds is 3. The molecule has 0 bridgehead atoms. The van der Waals surface area contributed by atoms with Crippen LogP contribution in [0.15, 0.2) is 158 Å². The summed E-state index contributed by atoms with van der Waals surface area (Å²) in [5.41, 5.74) is 12.3. The first-order chi connectivity index (χ1) is 21.8. The van der Waals surface area contributed by atoms with Crippen molar-refractivity contribution in [1.82, 2.24) is 8.97 Å². The van der Waals surface area contributed by atoms with Crippen LogP contribution in [-0.4, -0.2) is 8.97 Å². The molecule has 0 N–H and O–H groups in total. The van der Waals surface area contributed by atoms with E-state index < -0.39 is 0 Å². The average molecular weight is 559 g/mol. The fourth-order valence-corrected chi connectivity index (χ4v) is 7.58. The summed E-state index contributed by atoms with van der Waals surface area (Å²) >= 11 is 0. The lowest BCUT2D eigenvalue weighted by molar-refractivity contribution is 1.18. The minimum atomic E-state index is 1.17. The van der Waals surface area contributed by atoms with Gasteiger partial charge in [0.15, 0.2) is 0 Å². The lowest BCUT2D eigenvalue weighted by Gasteiger charge is -2.12. The number of fused-ring (bicyclic) bond motifs is 6. The van der Waals surface area contributed by atoms with Gasteiger partial charge in [0.25, 0.3) is 0 Å². The molecule has 0 radical (unpaired) electrons. The number of benzene rings is 7. The standard InChI is InChI=1S/C42H26N2/c1-2-11-27(12-3-1)28-13-8-14-29(25-28)30-15-9-16-31(26-30)43-38-22-10-19-34-32-17-4-6-20-36(32)44-37-21-7-5-18-33(37)35-23-24-39(43)41(40(34)38)42(35)44/h1-26H. The van der Waals surface area contributed by atoms with Gasteiger partial charge in [0, 0.05) is 32.6 Å². The van der Waals surface area contributed by atoms with Crippen LogP contribution in [-0.2, 0) is 0 Å². The van der Waals surface area contributed by atoms with Gasteiger partial charge in [-0.25, -0.2) is 0 Å². The van der Waals surface area contributed by atoms with Crippen LogP contribution in [0.3, 0.4) is 0 Å². The molecule has 0 aliphatic rings. The summed E-state index contributed by atoms with van der Waals surface area (Å²) in [6.45, 7) is 0. The fraction of sp³-hybridized carbons (Fsp3) is 0. The van der Waals surface area contributed by atoms with Crippen molar-refractivity contribution in [2.24, 2.45) is 0 Å². The highest BCUT2D eigenvalue weighted by Gasteiger charge is 2.22. The van der Waals surface area contributed by atoms with Crippen molar-refractivity contribution in [3.63, 3.8) is 0 Å². The van der Waals surface area contributed by atoms with Gasteiger partial charge < -0.3 is 8.97 Å². The monoisotopic (exact) mass is 558 g/mol. The molecule has 0 aliphatic heterocycles. The maximum absolute atomic E-state index is 2.50. The van der Waals surface area contributed by atoms with Gasteiger partial charge in [0.2, 0.25) is 0 Å². The molecule has 0 amide bonds. The molecule has 10 rings (SSSR count). The number of nitrogens with zero attached hydrogens (tertiary/aromatic N) is 2. The van der Waals surface area contributed by atoms with Crippen molar-refractivity contribution >= 4 is 59.9 Å². The Balaban J connectivity index is 1.31. The third kappa shape index (κ3) is 3.14. The van der Waals surface area contributed by atoms with E-state index in [-0.39, 0.29) is 0 Å². The Bertz CT molecular complexity index is 2710. The molecule has 204 valence electrons. The smallest absolute Gasteiger partial charge is 0.0641 e. The van der Waals surface area contributed by atoms with E-state index in [1.807, 2.05) is 0 Å². The first kappa shape index (κ1) is 23.7. The highest BCUT2D eigenvalue weighted by atomic mass is 15.0. The van der Waals surface area contributed by atoms with Crippen LogP contribution < -0.4 is 0 Å². The van der Waals surface area contributed by atoms with Crippen molar-refractivity contribution in [1.29, 1.82) is 0 Å². The number of hydrogen-bond acceptors (Lipinski definition) is 0. The number of para-hydroxylation sites is 2. The van der Waals surface area contributed by atoms with E-state index >= 15 is 0 Å². The van der Waals surface area contributed by atoms with Gasteiger partial charge in [-0.05, 0) is 70.1 Å². The zero-order chi connectivity index (χ0) is 28.8. The fourth-order valence-electron chi connectivity index (χ4n) is 7.58. The van der Waals surface area contributed by atoms with Crippen molar-refractivity contribution < 1.29 is 0 Å². The Hall–Kier alpha value is -5.86. The molecule has 10 aromatic rings. The Morgan fingerprint density at radius 2 is 0.864 bits per heavy atom. The highest BCUT2D eigenvalue weighted by Crippen LogP contribution is 2.45. The van der Waals surface area contributed by atoms with Crippen molar-refractivity contribution in [2.75, 3.05) is 0 Å². The van der Waals surface area contributed by atoms with Crippen molar-refractivity contribution in [2.45, 2.75) is 0 Å². The molecule has 0 spiro atoms. The Kier molecular flexibility index (Phi) is 4.75. The molecule has 0 unspecified atom stereocenters. The number of hydrogen-bond donors (Lipinski definition) is 0. The number of aromatic nitrogens is 2. The normalized spacial score (nSPS) is 12.1. The Morgan fingerprint density at radius 1 is 0.318 bits per heavy atom. The van der Waals surface area contributed by atoms with E-state index in [1.54, 1.807) is 0 Å². The molecule has 44 heavy (non-hydrogen) atoms. The first-order valence-corrected chi connectivity index (χ1v) is 15.2. The maximum Gasteiger partial charge on any atom is 0.0641 e. The van der Waals surface area contributed by atoms with Crippen LogP contribution in [0.4, 0.5) is 0 Å². The molecule has 0 saturated heterocycles. The predicted octanol–water partition coefficient (Wildman–Crippen LogP) is 11.3. The summed E-state index contributed by atoms with van der Waals surface area (Å²) in [5.74, 6) is 0. The second-order valence-corrected chi connectivity index (χ2v) is 11.8. The second kappa shape index (κ2) is 8.82. The van der Waals surface area contributed by atoms with Crippen LogP contribution in [0, 0.1) is 0 Å². The van der Waals surface area contributed by atoms with Gasteiger partial charge in [0.1, 0.15) is 0 Å². The molecular formula is C42H26N2. The molecule has 0 saturated carbocycles. The summed E-state index contributed by atoms with van der Waals surface area (Å²) in [7, 11) is 0. The van der Waals surface area contributed by atoms with Gasteiger partial charge in [-0.15, -0.1) is 0 Å². The average Bonchev–Trinajstić information content (AvgIpc) is 3.57. The van der Waals surface area contributed by atoms with Gasteiger partial charge in [-0.3, -0.25) is 0 Å². The summed E-state index contributed by atoms with van der Waals surface area (Å²) in [4.78, 5) is 0. The molecule has 2 nitrogen and oxygen atoms in total. The molecule has 0 fully saturated rings. The SMILES string of the molecule is c1ccc(-c2cccc(-c3cccc(-n4c5cccc6c7ccccc7n7c8ccccc8c8ccc4c(c65)c87)c3)c2)cc1. The Morgan fingerprint density at radius 3 is 1.66 bits per heavy atom. The van der Waals surface area contributed by atoms with E-state index in [2.05, 4.69) is 167 Å². The van der Waals surface area contributed by atoms with Gasteiger partial charge in [-0.1, -0.05) is 115 Å². The summed E-state index contributed by atoms with van der Waals surface area (Å²) in [6.07, 6.45) is 0.